The van der Waals surface area contributed by atoms with E-state index in [1.807, 2.05) is 30.3 Å². The quantitative estimate of drug-likeness (QED) is 0.148. The average molecular weight is 654 g/mol. The zero-order valence-electron chi connectivity index (χ0n) is 29.6. The summed E-state index contributed by atoms with van der Waals surface area (Å²) >= 11 is 0. The number of phenols is 1. The number of rotatable bonds is 15. The summed E-state index contributed by atoms with van der Waals surface area (Å²) < 4.78 is 11.2. The van der Waals surface area contributed by atoms with E-state index in [-0.39, 0.29) is 24.6 Å². The van der Waals surface area contributed by atoms with Gasteiger partial charge < -0.3 is 30.1 Å². The monoisotopic (exact) mass is 653 g/mol. The Bertz CT molecular complexity index is 1320. The van der Waals surface area contributed by atoms with Gasteiger partial charge in [-0.15, -0.1) is 0 Å². The van der Waals surface area contributed by atoms with Crippen molar-refractivity contribution in [2.75, 3.05) is 6.54 Å². The molecule has 2 aromatic carbocycles. The summed E-state index contributed by atoms with van der Waals surface area (Å²) in [6, 6.07) is 12.1. The van der Waals surface area contributed by atoms with Crippen LogP contribution in [0.2, 0.25) is 0 Å². The average Bonchev–Trinajstić information content (AvgIpc) is 2.95. The minimum atomic E-state index is -1.24. The van der Waals surface area contributed by atoms with Gasteiger partial charge in [0.25, 0.3) is 0 Å². The summed E-state index contributed by atoms with van der Waals surface area (Å²) in [5.74, 6) is -2.15. The lowest BCUT2D eigenvalue weighted by atomic mass is 9.97. The van der Waals surface area contributed by atoms with Crippen LogP contribution in [0.3, 0.4) is 0 Å². The van der Waals surface area contributed by atoms with Gasteiger partial charge in [0.05, 0.1) is 0 Å². The highest BCUT2D eigenvalue weighted by atomic mass is 16.6. The maximum absolute atomic E-state index is 14.5. The van der Waals surface area contributed by atoms with Crippen molar-refractivity contribution >= 4 is 23.9 Å². The zero-order valence-corrected chi connectivity index (χ0v) is 29.6. The molecule has 0 radical (unpaired) electrons. The van der Waals surface area contributed by atoms with E-state index in [1.165, 1.54) is 17.0 Å². The highest BCUT2D eigenvalue weighted by Crippen LogP contribution is 2.28. The SMILES string of the molecule is CCCCCCN(C(=O)C(NC(=O)OC(C)(C)C)C(C)C)C(C(=O)NC(Cc1ccccc1)C(=O)OC(C)(C)C)c1cccc(O)c1. The molecule has 0 aliphatic carbocycles. The van der Waals surface area contributed by atoms with Crippen molar-refractivity contribution in [3.05, 3.63) is 65.7 Å². The van der Waals surface area contributed by atoms with E-state index >= 15 is 0 Å². The molecule has 3 N–H and O–H groups in total. The van der Waals surface area contributed by atoms with E-state index in [1.54, 1.807) is 67.5 Å². The second-order valence-electron chi connectivity index (χ2n) is 14.2. The highest BCUT2D eigenvalue weighted by molar-refractivity contribution is 5.94. The van der Waals surface area contributed by atoms with Gasteiger partial charge in [-0.05, 0) is 77.1 Å². The van der Waals surface area contributed by atoms with Gasteiger partial charge in [-0.3, -0.25) is 9.59 Å². The minimum absolute atomic E-state index is 0.0843. The van der Waals surface area contributed by atoms with Crippen LogP contribution in [-0.4, -0.2) is 63.7 Å². The highest BCUT2D eigenvalue weighted by Gasteiger charge is 2.39. The predicted octanol–water partition coefficient (Wildman–Crippen LogP) is 6.46. The number of alkyl carbamates (subject to hydrolysis) is 1. The molecule has 0 spiro atoms. The second-order valence-corrected chi connectivity index (χ2v) is 14.2. The summed E-state index contributed by atoms with van der Waals surface area (Å²) in [7, 11) is 0. The number of nitrogens with zero attached hydrogens (tertiary/aromatic N) is 1. The summed E-state index contributed by atoms with van der Waals surface area (Å²) in [5.41, 5.74) is -0.422. The molecule has 0 saturated heterocycles. The molecule has 0 aliphatic rings. The molecule has 0 aliphatic heterocycles. The normalized spacial score (nSPS) is 13.7. The Morgan fingerprint density at radius 2 is 1.47 bits per heavy atom. The Morgan fingerprint density at radius 3 is 2.02 bits per heavy atom. The number of hydrogen-bond donors (Lipinski definition) is 3. The summed E-state index contributed by atoms with van der Waals surface area (Å²) in [6.45, 7) is 16.3. The topological polar surface area (TPSA) is 134 Å². The van der Waals surface area contributed by atoms with E-state index in [0.29, 0.717) is 12.0 Å². The Labute approximate surface area is 280 Å². The Kier molecular flexibility index (Phi) is 14.8. The lowest BCUT2D eigenvalue weighted by molar-refractivity contribution is -0.159. The summed E-state index contributed by atoms with van der Waals surface area (Å²) in [5, 5.41) is 16.0. The first kappa shape index (κ1) is 39.1. The Balaban J connectivity index is 2.61. The molecular weight excluding hydrogens is 598 g/mol. The molecule has 0 bridgehead atoms. The number of esters is 1. The fourth-order valence-electron chi connectivity index (χ4n) is 5.04. The van der Waals surface area contributed by atoms with Crippen LogP contribution in [0.5, 0.6) is 5.75 Å². The number of hydrogen-bond acceptors (Lipinski definition) is 7. The fraction of sp³-hybridized carbons (Fsp3) is 0.568. The molecule has 2 aromatic rings. The number of ether oxygens (including phenoxy) is 2. The standard InChI is InChI=1S/C37H55N3O7/c1-10-11-12-16-22-40(33(43)30(25(2)3)39-35(45)47-37(7,8)9)31(27-20-17-21-28(41)24-27)32(42)38-29(34(44)46-36(4,5)6)23-26-18-14-13-15-19-26/h13-15,17-21,24-25,29-31,41H,10-12,16,22-23H2,1-9H3,(H,38,42)(H,39,45). The molecule has 0 aromatic heterocycles. The first-order valence-corrected chi connectivity index (χ1v) is 16.6. The van der Waals surface area contributed by atoms with Crippen molar-refractivity contribution in [2.45, 2.75) is 124 Å². The van der Waals surface area contributed by atoms with E-state index < -0.39 is 53.2 Å². The van der Waals surface area contributed by atoms with Crippen LogP contribution in [-0.2, 0) is 30.3 Å². The zero-order chi connectivity index (χ0) is 35.4. The summed E-state index contributed by atoms with van der Waals surface area (Å²) in [6.07, 6.45) is 2.73. The molecular formula is C37H55N3O7. The van der Waals surface area contributed by atoms with E-state index in [0.717, 1.165) is 24.8 Å². The van der Waals surface area contributed by atoms with E-state index in [4.69, 9.17) is 9.47 Å². The van der Waals surface area contributed by atoms with Gasteiger partial charge in [0.1, 0.15) is 35.1 Å². The van der Waals surface area contributed by atoms with Crippen LogP contribution < -0.4 is 10.6 Å². The van der Waals surface area contributed by atoms with Crippen LogP contribution in [0.4, 0.5) is 4.79 Å². The third-order valence-electron chi connectivity index (χ3n) is 7.18. The maximum Gasteiger partial charge on any atom is 0.408 e. The van der Waals surface area contributed by atoms with Gasteiger partial charge >= 0.3 is 12.1 Å². The smallest absolute Gasteiger partial charge is 0.408 e. The van der Waals surface area contributed by atoms with Crippen molar-refractivity contribution < 1.29 is 33.8 Å². The molecule has 10 heteroatoms. The second kappa shape index (κ2) is 17.7. The van der Waals surface area contributed by atoms with Crippen molar-refractivity contribution in [1.82, 2.24) is 15.5 Å². The third kappa shape index (κ3) is 13.7. The number of carbonyl (C=O) groups excluding carboxylic acids is 4. The van der Waals surface area contributed by atoms with Gasteiger partial charge in [0.2, 0.25) is 11.8 Å². The van der Waals surface area contributed by atoms with Crippen molar-refractivity contribution in [2.24, 2.45) is 5.92 Å². The number of amides is 3. The fourth-order valence-corrected chi connectivity index (χ4v) is 5.04. The molecule has 3 atom stereocenters. The van der Waals surface area contributed by atoms with Crippen LogP contribution in [0.15, 0.2) is 54.6 Å². The number of benzene rings is 2. The molecule has 0 fully saturated rings. The number of phenolic OH excluding ortho intramolecular Hbond substituents is 1. The predicted molar refractivity (Wildman–Crippen MR) is 183 cm³/mol. The number of aromatic hydroxyl groups is 1. The lowest BCUT2D eigenvalue weighted by Crippen LogP contribution is -2.56. The largest absolute Gasteiger partial charge is 0.508 e. The third-order valence-corrected chi connectivity index (χ3v) is 7.18. The lowest BCUT2D eigenvalue weighted by Gasteiger charge is -2.36. The van der Waals surface area contributed by atoms with Gasteiger partial charge in [0.15, 0.2) is 0 Å². The van der Waals surface area contributed by atoms with Crippen molar-refractivity contribution in [3.63, 3.8) is 0 Å². The number of nitrogens with one attached hydrogen (secondary N) is 2. The first-order valence-electron chi connectivity index (χ1n) is 16.6. The van der Waals surface area contributed by atoms with Crippen LogP contribution in [0.25, 0.3) is 0 Å². The van der Waals surface area contributed by atoms with Gasteiger partial charge in [-0.1, -0.05) is 82.5 Å². The molecule has 3 amide bonds. The molecule has 0 saturated carbocycles. The molecule has 47 heavy (non-hydrogen) atoms. The molecule has 260 valence electrons. The van der Waals surface area contributed by atoms with E-state index in [2.05, 4.69) is 17.6 Å². The van der Waals surface area contributed by atoms with Gasteiger partial charge in [0, 0.05) is 13.0 Å². The molecule has 3 unspecified atom stereocenters. The van der Waals surface area contributed by atoms with Crippen LogP contribution >= 0.6 is 0 Å². The number of carbonyl (C=O) groups is 4. The van der Waals surface area contributed by atoms with Crippen molar-refractivity contribution in [1.29, 1.82) is 0 Å². The van der Waals surface area contributed by atoms with Crippen LogP contribution in [0.1, 0.15) is 105 Å². The van der Waals surface area contributed by atoms with E-state index in [9.17, 15) is 24.3 Å². The van der Waals surface area contributed by atoms with Gasteiger partial charge in [-0.25, -0.2) is 9.59 Å². The summed E-state index contributed by atoms with van der Waals surface area (Å²) in [4.78, 5) is 56.7. The minimum Gasteiger partial charge on any atom is -0.508 e. The van der Waals surface area contributed by atoms with Gasteiger partial charge in [-0.2, -0.15) is 0 Å². The first-order chi connectivity index (χ1) is 21.9. The molecule has 2 rings (SSSR count). The molecule has 10 nitrogen and oxygen atoms in total. The Hall–Kier alpha value is -4.08. The number of unbranched alkanes of at least 4 members (excludes halogenated alkanes) is 3. The van der Waals surface area contributed by atoms with Crippen LogP contribution in [0, 0.1) is 5.92 Å². The maximum atomic E-state index is 14.5. The molecule has 0 heterocycles. The Morgan fingerprint density at radius 1 is 0.830 bits per heavy atom. The van der Waals surface area contributed by atoms with Crippen molar-refractivity contribution in [3.8, 4) is 5.75 Å².